The zero-order valence-corrected chi connectivity index (χ0v) is 19.8. The fraction of sp³-hybridized carbons (Fsp3) is 0.222. The zero-order chi connectivity index (χ0) is 24.2. The van der Waals surface area contributed by atoms with E-state index in [2.05, 4.69) is 5.10 Å². The molecule has 0 amide bonds. The first-order chi connectivity index (χ1) is 17.0. The van der Waals surface area contributed by atoms with Crippen molar-refractivity contribution in [3.63, 3.8) is 0 Å². The number of aromatic nitrogens is 2. The number of carbonyl (C=O) groups is 2. The quantitative estimate of drug-likeness (QED) is 0.375. The molecule has 8 heteroatoms. The van der Waals surface area contributed by atoms with Gasteiger partial charge in [-0.25, -0.2) is 8.42 Å². The van der Waals surface area contributed by atoms with Crippen LogP contribution in [0.2, 0.25) is 0 Å². The molecule has 7 nitrogen and oxygen atoms in total. The number of benzene rings is 3. The summed E-state index contributed by atoms with van der Waals surface area (Å²) < 4.78 is 29.0. The fourth-order valence-corrected chi connectivity index (χ4v) is 6.57. The van der Waals surface area contributed by atoms with Crippen molar-refractivity contribution in [1.82, 2.24) is 14.1 Å². The summed E-state index contributed by atoms with van der Waals surface area (Å²) in [5.74, 6) is -0.474. The molecule has 0 saturated carbocycles. The number of ketones is 1. The highest BCUT2D eigenvalue weighted by Gasteiger charge is 2.30. The molecule has 1 aromatic heterocycles. The number of fused-ring (bicyclic) bond motifs is 2. The van der Waals surface area contributed by atoms with E-state index in [1.54, 1.807) is 24.3 Å². The first-order valence-corrected chi connectivity index (χ1v) is 13.2. The highest BCUT2D eigenvalue weighted by Crippen LogP contribution is 2.38. The van der Waals surface area contributed by atoms with Crippen LogP contribution in [0, 0.1) is 0 Å². The summed E-state index contributed by atoms with van der Waals surface area (Å²) in [5, 5.41) is 5.27. The molecule has 35 heavy (non-hydrogen) atoms. The largest absolute Gasteiger partial charge is 0.289 e. The van der Waals surface area contributed by atoms with Crippen molar-refractivity contribution in [1.29, 1.82) is 0 Å². The van der Waals surface area contributed by atoms with Crippen LogP contribution < -0.4 is 0 Å². The van der Waals surface area contributed by atoms with Gasteiger partial charge in [0.1, 0.15) is 5.69 Å². The third-order valence-corrected chi connectivity index (χ3v) is 8.79. The van der Waals surface area contributed by atoms with Crippen LogP contribution in [0.4, 0.5) is 0 Å². The Balaban J connectivity index is 1.39. The number of hydrogen-bond acceptors (Lipinski definition) is 5. The zero-order valence-electron chi connectivity index (χ0n) is 19.0. The Hall–Kier alpha value is -3.62. The summed E-state index contributed by atoms with van der Waals surface area (Å²) in [6.45, 7) is 1.04. The van der Waals surface area contributed by atoms with Gasteiger partial charge in [-0.2, -0.15) is 14.1 Å². The smallest absolute Gasteiger partial charge is 0.278 e. The molecule has 2 heterocycles. The van der Waals surface area contributed by atoms with Crippen LogP contribution in [-0.2, 0) is 10.0 Å². The number of hydrogen-bond donors (Lipinski definition) is 0. The maximum absolute atomic E-state index is 13.5. The molecule has 1 fully saturated rings. The van der Waals surface area contributed by atoms with E-state index in [1.807, 2.05) is 18.2 Å². The molecule has 1 aliphatic carbocycles. The van der Waals surface area contributed by atoms with E-state index >= 15 is 0 Å². The first kappa shape index (κ1) is 21.9. The molecule has 0 radical (unpaired) electrons. The van der Waals surface area contributed by atoms with Crippen LogP contribution in [-0.4, -0.2) is 47.3 Å². The van der Waals surface area contributed by atoms with Crippen molar-refractivity contribution in [3.8, 4) is 11.3 Å². The second kappa shape index (κ2) is 8.25. The van der Waals surface area contributed by atoms with Crippen LogP contribution in [0.5, 0.6) is 0 Å². The Labute approximate surface area is 203 Å². The maximum atomic E-state index is 13.5. The Kier molecular flexibility index (Phi) is 5.16. The van der Waals surface area contributed by atoms with Crippen molar-refractivity contribution >= 4 is 32.6 Å². The number of sulfonamides is 1. The van der Waals surface area contributed by atoms with Gasteiger partial charge < -0.3 is 0 Å². The van der Waals surface area contributed by atoms with Crippen LogP contribution >= 0.6 is 0 Å². The lowest BCUT2D eigenvalue weighted by molar-refractivity contribution is 0.0950. The minimum absolute atomic E-state index is 0.0891. The molecular weight excluding hydrogens is 462 g/mol. The Morgan fingerprint density at radius 2 is 1.43 bits per heavy atom. The summed E-state index contributed by atoms with van der Waals surface area (Å²) in [6, 6.07) is 18.6. The number of carbonyl (C=O) groups excluding carboxylic acids is 2. The van der Waals surface area contributed by atoms with Crippen molar-refractivity contribution < 1.29 is 18.0 Å². The highest BCUT2D eigenvalue weighted by atomic mass is 32.2. The summed E-state index contributed by atoms with van der Waals surface area (Å²) in [5.41, 5.74) is 3.25. The normalized spacial score (nSPS) is 16.2. The number of rotatable bonds is 3. The minimum atomic E-state index is -3.60. The van der Waals surface area contributed by atoms with Gasteiger partial charge in [0.15, 0.2) is 5.78 Å². The lowest BCUT2D eigenvalue weighted by Crippen LogP contribution is -2.31. The van der Waals surface area contributed by atoms with Crippen molar-refractivity contribution in [2.24, 2.45) is 0 Å². The molecule has 0 atom stereocenters. The predicted octanol–water partition coefficient (Wildman–Crippen LogP) is 4.50. The monoisotopic (exact) mass is 485 g/mol. The average molecular weight is 486 g/mol. The Morgan fingerprint density at radius 1 is 0.771 bits per heavy atom. The maximum Gasteiger partial charge on any atom is 0.278 e. The molecule has 0 N–H and O–H groups in total. The van der Waals surface area contributed by atoms with Gasteiger partial charge in [0.05, 0.1) is 10.4 Å². The first-order valence-electron chi connectivity index (χ1n) is 11.8. The second-order valence-electron chi connectivity index (χ2n) is 8.98. The van der Waals surface area contributed by atoms with E-state index in [9.17, 15) is 18.0 Å². The molecule has 0 unspecified atom stereocenters. The lowest BCUT2D eigenvalue weighted by Gasteiger charge is -2.20. The SMILES string of the molecule is O=C1c2ccccc2-c2nn(C(=O)c3ccc(S(=O)(=O)N4CCCCCC4)cc3)c3cccc1c23. The molecular formula is C27H23N3O4S. The average Bonchev–Trinajstić information content (AvgIpc) is 3.06. The van der Waals surface area contributed by atoms with Crippen LogP contribution in [0.3, 0.4) is 0 Å². The molecule has 0 bridgehead atoms. The van der Waals surface area contributed by atoms with E-state index in [4.69, 9.17) is 0 Å². The van der Waals surface area contributed by atoms with Gasteiger partial charge in [0.25, 0.3) is 5.91 Å². The summed E-state index contributed by atoms with van der Waals surface area (Å²) in [6.07, 6.45) is 3.80. The summed E-state index contributed by atoms with van der Waals surface area (Å²) in [7, 11) is -3.60. The summed E-state index contributed by atoms with van der Waals surface area (Å²) >= 11 is 0. The van der Waals surface area contributed by atoms with Gasteiger partial charge in [0, 0.05) is 40.7 Å². The topological polar surface area (TPSA) is 89.3 Å². The second-order valence-corrected chi connectivity index (χ2v) is 10.9. The molecule has 3 aromatic carbocycles. The van der Waals surface area contributed by atoms with E-state index in [1.165, 1.54) is 33.3 Å². The van der Waals surface area contributed by atoms with Gasteiger partial charge in [-0.3, -0.25) is 9.59 Å². The van der Waals surface area contributed by atoms with E-state index in [-0.39, 0.29) is 16.6 Å². The van der Waals surface area contributed by atoms with Crippen LogP contribution in [0.25, 0.3) is 22.2 Å². The van der Waals surface area contributed by atoms with Crippen LogP contribution in [0.15, 0.2) is 71.6 Å². The third kappa shape index (κ3) is 3.44. The third-order valence-electron chi connectivity index (χ3n) is 6.88. The van der Waals surface area contributed by atoms with Crippen LogP contribution in [0.1, 0.15) is 52.0 Å². The molecule has 1 saturated heterocycles. The van der Waals surface area contributed by atoms with E-state index in [0.29, 0.717) is 51.9 Å². The van der Waals surface area contributed by atoms with Gasteiger partial charge in [-0.1, -0.05) is 49.2 Å². The standard InChI is InChI=1S/C27H23N3O4S/c31-26-21-9-4-3-8-20(21)25-24-22(26)10-7-11-23(24)30(28-25)27(32)18-12-14-19(15-13-18)35(33,34)29-16-5-1-2-6-17-29/h3-4,7-15H,1-2,5-6,16-17H2. The van der Waals surface area contributed by atoms with Crippen molar-refractivity contribution in [2.75, 3.05) is 13.1 Å². The number of nitrogens with zero attached hydrogens (tertiary/aromatic N) is 3. The Morgan fingerprint density at radius 3 is 2.14 bits per heavy atom. The summed E-state index contributed by atoms with van der Waals surface area (Å²) in [4.78, 5) is 26.7. The molecule has 176 valence electrons. The van der Waals surface area contributed by atoms with Crippen molar-refractivity contribution in [3.05, 3.63) is 83.4 Å². The Bertz CT molecular complexity index is 1600. The molecule has 4 aromatic rings. The van der Waals surface area contributed by atoms with E-state index in [0.717, 1.165) is 25.7 Å². The van der Waals surface area contributed by atoms with Gasteiger partial charge in [-0.05, 0) is 43.2 Å². The van der Waals surface area contributed by atoms with Crippen molar-refractivity contribution in [2.45, 2.75) is 30.6 Å². The van der Waals surface area contributed by atoms with Gasteiger partial charge in [-0.15, -0.1) is 0 Å². The van der Waals surface area contributed by atoms with E-state index < -0.39 is 10.0 Å². The lowest BCUT2D eigenvalue weighted by atomic mass is 9.87. The molecule has 0 spiro atoms. The fourth-order valence-electron chi connectivity index (χ4n) is 5.06. The minimum Gasteiger partial charge on any atom is -0.289 e. The molecule has 2 aliphatic rings. The highest BCUT2D eigenvalue weighted by molar-refractivity contribution is 7.89. The van der Waals surface area contributed by atoms with Gasteiger partial charge in [0.2, 0.25) is 10.0 Å². The molecule has 1 aliphatic heterocycles. The van der Waals surface area contributed by atoms with Gasteiger partial charge >= 0.3 is 0 Å². The molecule has 6 rings (SSSR count). The predicted molar refractivity (Wildman–Crippen MR) is 132 cm³/mol.